The summed E-state index contributed by atoms with van der Waals surface area (Å²) in [6, 6.07) is 18.0. The van der Waals surface area contributed by atoms with E-state index in [0.717, 1.165) is 40.6 Å². The number of aromatic nitrogens is 1. The summed E-state index contributed by atoms with van der Waals surface area (Å²) in [5, 5.41) is 1.11. The number of cyclic esters (lactones) is 1. The molecule has 1 aromatic heterocycles. The first-order valence-electron chi connectivity index (χ1n) is 10.5. The van der Waals surface area contributed by atoms with Crippen molar-refractivity contribution in [3.05, 3.63) is 60.8 Å². The van der Waals surface area contributed by atoms with Gasteiger partial charge >= 0.3 is 12.1 Å². The third kappa shape index (κ3) is 4.03. The van der Waals surface area contributed by atoms with Crippen molar-refractivity contribution in [3.8, 4) is 16.9 Å². The molecule has 2 aromatic carbocycles. The van der Waals surface area contributed by atoms with E-state index in [-0.39, 0.29) is 18.7 Å². The van der Waals surface area contributed by atoms with Crippen LogP contribution in [-0.4, -0.2) is 59.3 Å². The fraction of sp³-hybridized carbons (Fsp3) is 0.292. The minimum atomic E-state index is -0.551. The van der Waals surface area contributed by atoms with Gasteiger partial charge in [-0.05, 0) is 29.8 Å². The summed E-state index contributed by atoms with van der Waals surface area (Å²) >= 11 is 0. The van der Waals surface area contributed by atoms with E-state index in [0.29, 0.717) is 19.6 Å². The molecule has 3 aromatic rings. The fourth-order valence-corrected chi connectivity index (χ4v) is 4.05. The van der Waals surface area contributed by atoms with E-state index in [4.69, 9.17) is 9.47 Å². The van der Waals surface area contributed by atoms with Crippen LogP contribution in [-0.2, 0) is 4.74 Å². The Morgan fingerprint density at radius 2 is 1.77 bits per heavy atom. The smallest absolute Gasteiger partial charge is 0.418 e. The minimum absolute atomic E-state index is 0.0442. The van der Waals surface area contributed by atoms with Crippen LogP contribution in [0.1, 0.15) is 12.8 Å². The molecule has 0 saturated carbocycles. The number of pyridine rings is 1. The van der Waals surface area contributed by atoms with Gasteiger partial charge in [-0.1, -0.05) is 30.3 Å². The number of hydrogen-bond donors (Lipinski definition) is 0. The van der Waals surface area contributed by atoms with Crippen LogP contribution in [0.4, 0.5) is 9.59 Å². The second-order valence-corrected chi connectivity index (χ2v) is 7.79. The number of hydrogen-bond acceptors (Lipinski definition) is 5. The topological polar surface area (TPSA) is 72.0 Å². The first-order valence-corrected chi connectivity index (χ1v) is 10.5. The number of ether oxygens (including phenoxy) is 2. The average molecular weight is 417 g/mol. The number of carbonyl (C=O) groups is 2. The number of nitrogens with zero attached hydrogens (tertiary/aromatic N) is 3. The summed E-state index contributed by atoms with van der Waals surface area (Å²) in [7, 11) is 0. The molecule has 2 aliphatic heterocycles. The SMILES string of the molecule is O=C1OCCN1C(=O)N1CCC(Oc2ccc(-c3cnc4ccccc4c3)cc2)CC1. The van der Waals surface area contributed by atoms with Crippen molar-refractivity contribution < 1.29 is 19.1 Å². The van der Waals surface area contributed by atoms with E-state index < -0.39 is 6.09 Å². The second kappa shape index (κ2) is 8.26. The van der Waals surface area contributed by atoms with E-state index in [2.05, 4.69) is 17.1 Å². The monoisotopic (exact) mass is 417 g/mol. The number of carbonyl (C=O) groups excluding carboxylic acids is 2. The Hall–Kier alpha value is -3.61. The number of piperidine rings is 1. The summed E-state index contributed by atoms with van der Waals surface area (Å²) in [6.07, 6.45) is 2.84. The lowest BCUT2D eigenvalue weighted by molar-refractivity contribution is 0.0987. The Labute approximate surface area is 180 Å². The van der Waals surface area contributed by atoms with Crippen molar-refractivity contribution in [1.82, 2.24) is 14.8 Å². The molecule has 7 nitrogen and oxygen atoms in total. The van der Waals surface area contributed by atoms with Crippen LogP contribution in [0.15, 0.2) is 60.8 Å². The number of likely N-dealkylation sites (tertiary alicyclic amines) is 1. The Bertz CT molecular complexity index is 1110. The first-order chi connectivity index (χ1) is 15.2. The molecule has 0 N–H and O–H groups in total. The van der Waals surface area contributed by atoms with Gasteiger partial charge in [0.15, 0.2) is 0 Å². The third-order valence-corrected chi connectivity index (χ3v) is 5.79. The molecule has 3 amide bonds. The zero-order valence-electron chi connectivity index (χ0n) is 17.1. The van der Waals surface area contributed by atoms with Gasteiger partial charge in [-0.3, -0.25) is 4.98 Å². The van der Waals surface area contributed by atoms with Crippen LogP contribution >= 0.6 is 0 Å². The lowest BCUT2D eigenvalue weighted by Gasteiger charge is -2.33. The highest BCUT2D eigenvalue weighted by Crippen LogP contribution is 2.26. The van der Waals surface area contributed by atoms with Crippen molar-refractivity contribution in [2.24, 2.45) is 0 Å². The number of urea groups is 1. The van der Waals surface area contributed by atoms with Gasteiger partial charge in [-0.25, -0.2) is 14.5 Å². The predicted molar refractivity (Wildman–Crippen MR) is 116 cm³/mol. The van der Waals surface area contributed by atoms with E-state index in [1.807, 2.05) is 48.7 Å². The molecule has 31 heavy (non-hydrogen) atoms. The van der Waals surface area contributed by atoms with Crippen LogP contribution in [0, 0.1) is 0 Å². The van der Waals surface area contributed by atoms with E-state index >= 15 is 0 Å². The Kier molecular flexibility index (Phi) is 5.16. The molecule has 0 spiro atoms. The maximum atomic E-state index is 12.4. The molecule has 2 aliphatic rings. The first kappa shape index (κ1) is 19.4. The minimum Gasteiger partial charge on any atom is -0.490 e. The summed E-state index contributed by atoms with van der Waals surface area (Å²) in [4.78, 5) is 31.4. The summed E-state index contributed by atoms with van der Waals surface area (Å²) in [6.45, 7) is 1.73. The molecular weight excluding hydrogens is 394 g/mol. The van der Waals surface area contributed by atoms with Crippen molar-refractivity contribution in [1.29, 1.82) is 0 Å². The molecule has 0 bridgehead atoms. The molecule has 3 heterocycles. The summed E-state index contributed by atoms with van der Waals surface area (Å²) < 4.78 is 11.0. The Morgan fingerprint density at radius 1 is 1.00 bits per heavy atom. The highest BCUT2D eigenvalue weighted by atomic mass is 16.6. The van der Waals surface area contributed by atoms with Gasteiger partial charge in [0.05, 0.1) is 12.1 Å². The standard InChI is InChI=1S/C24H23N3O4/c28-23(27-13-14-30-24(27)29)26-11-9-21(10-12-26)31-20-7-5-17(6-8-20)19-15-18-3-1-2-4-22(18)25-16-19/h1-8,15-16,21H,9-14H2. The van der Waals surface area contributed by atoms with Crippen molar-refractivity contribution >= 4 is 23.0 Å². The fourth-order valence-electron chi connectivity index (χ4n) is 4.05. The maximum Gasteiger partial charge on any atom is 0.418 e. The number of amides is 3. The highest BCUT2D eigenvalue weighted by molar-refractivity contribution is 5.92. The van der Waals surface area contributed by atoms with Gasteiger partial charge in [-0.2, -0.15) is 0 Å². The van der Waals surface area contributed by atoms with Gasteiger partial charge in [0.1, 0.15) is 18.5 Å². The predicted octanol–water partition coefficient (Wildman–Crippen LogP) is 4.32. The molecule has 5 rings (SSSR count). The highest BCUT2D eigenvalue weighted by Gasteiger charge is 2.34. The molecule has 158 valence electrons. The zero-order valence-corrected chi connectivity index (χ0v) is 17.1. The molecule has 7 heteroatoms. The van der Waals surface area contributed by atoms with E-state index in [1.165, 1.54) is 4.90 Å². The van der Waals surface area contributed by atoms with Crippen LogP contribution < -0.4 is 4.74 Å². The Balaban J connectivity index is 1.18. The molecule has 0 unspecified atom stereocenters. The number of imide groups is 1. The normalized spacial score (nSPS) is 17.1. The third-order valence-electron chi connectivity index (χ3n) is 5.79. The molecule has 0 atom stereocenters. The molecule has 0 aliphatic carbocycles. The van der Waals surface area contributed by atoms with Crippen LogP contribution in [0.5, 0.6) is 5.75 Å². The maximum absolute atomic E-state index is 12.4. The van der Waals surface area contributed by atoms with Crippen molar-refractivity contribution in [2.75, 3.05) is 26.2 Å². The molecule has 0 radical (unpaired) electrons. The van der Waals surface area contributed by atoms with Crippen LogP contribution in [0.2, 0.25) is 0 Å². The number of para-hydroxylation sites is 1. The molecule has 2 saturated heterocycles. The van der Waals surface area contributed by atoms with Gasteiger partial charge < -0.3 is 14.4 Å². The summed E-state index contributed by atoms with van der Waals surface area (Å²) in [5.41, 5.74) is 3.14. The molecule has 2 fully saturated rings. The number of fused-ring (bicyclic) bond motifs is 1. The average Bonchev–Trinajstić information content (AvgIpc) is 3.25. The zero-order chi connectivity index (χ0) is 21.2. The van der Waals surface area contributed by atoms with E-state index in [1.54, 1.807) is 4.90 Å². The van der Waals surface area contributed by atoms with Crippen molar-refractivity contribution in [2.45, 2.75) is 18.9 Å². The van der Waals surface area contributed by atoms with Crippen LogP contribution in [0.25, 0.3) is 22.0 Å². The van der Waals surface area contributed by atoms with Gasteiger partial charge in [-0.15, -0.1) is 0 Å². The quantitative estimate of drug-likeness (QED) is 0.635. The Morgan fingerprint density at radius 3 is 2.52 bits per heavy atom. The van der Waals surface area contributed by atoms with Gasteiger partial charge in [0.25, 0.3) is 0 Å². The summed E-state index contributed by atoms with van der Waals surface area (Å²) in [5.74, 6) is 0.811. The second-order valence-electron chi connectivity index (χ2n) is 7.79. The number of benzene rings is 2. The van der Waals surface area contributed by atoms with E-state index in [9.17, 15) is 9.59 Å². The van der Waals surface area contributed by atoms with Crippen molar-refractivity contribution in [3.63, 3.8) is 0 Å². The van der Waals surface area contributed by atoms with Gasteiger partial charge in [0, 0.05) is 43.1 Å². The van der Waals surface area contributed by atoms with Gasteiger partial charge in [0.2, 0.25) is 0 Å². The molecular formula is C24H23N3O4. The lowest BCUT2D eigenvalue weighted by atomic mass is 10.1. The largest absolute Gasteiger partial charge is 0.490 e. The van der Waals surface area contributed by atoms with Crippen LogP contribution in [0.3, 0.4) is 0 Å². The lowest BCUT2D eigenvalue weighted by Crippen LogP contribution is -2.48. The number of rotatable bonds is 3.